The smallest absolute Gasteiger partial charge is 0.306 e. The number of fused-ring (bicyclic) bond motifs is 2. The van der Waals surface area contributed by atoms with E-state index in [0.717, 1.165) is 82.9 Å². The number of nitrogens with zero attached hydrogens (tertiary/aromatic N) is 4. The molecular weight excluding hydrogens is 508 g/mol. The number of aliphatic carboxylic acids is 1. The van der Waals surface area contributed by atoms with Crippen molar-refractivity contribution in [2.75, 3.05) is 19.8 Å². The summed E-state index contributed by atoms with van der Waals surface area (Å²) in [5, 5.41) is 17.2. The molecule has 0 radical (unpaired) electrons. The minimum Gasteiger partial charge on any atom is -0.481 e. The Balaban J connectivity index is 1.44. The van der Waals surface area contributed by atoms with Gasteiger partial charge in [0.15, 0.2) is 6.23 Å². The van der Waals surface area contributed by atoms with Gasteiger partial charge < -0.3 is 19.3 Å². The molecule has 1 unspecified atom stereocenters. The standard InChI is InChI=1S/C31H34N4O5/c1-18-12-20(5-8-32-18)28-24-15-22-17-33-35(27-4-2-3-9-39-27)26(22)16-25(24)30(40-23-13-21(14-23)31(36)37)34-29(28)19-6-10-38-11-7-19/h5,8,12,15-17,19,21,23,27H,2-4,6-7,9-11,13-14H2,1H3,(H,36,37). The number of aromatic nitrogens is 4. The second-order valence-electron chi connectivity index (χ2n) is 11.4. The summed E-state index contributed by atoms with van der Waals surface area (Å²) in [6.07, 6.45) is 9.39. The first-order valence-corrected chi connectivity index (χ1v) is 14.4. The summed E-state index contributed by atoms with van der Waals surface area (Å²) in [5.74, 6) is -0.325. The Bertz CT molecular complexity index is 1570. The maximum atomic E-state index is 11.5. The van der Waals surface area contributed by atoms with E-state index < -0.39 is 5.97 Å². The fourth-order valence-electron chi connectivity index (χ4n) is 6.37. The minimum atomic E-state index is -0.762. The van der Waals surface area contributed by atoms with E-state index in [9.17, 15) is 9.90 Å². The summed E-state index contributed by atoms with van der Waals surface area (Å²) >= 11 is 0. The van der Waals surface area contributed by atoms with Gasteiger partial charge in [-0.1, -0.05) is 0 Å². The van der Waals surface area contributed by atoms with Crippen molar-refractivity contribution in [2.45, 2.75) is 70.1 Å². The quantitative estimate of drug-likeness (QED) is 0.326. The van der Waals surface area contributed by atoms with Crippen molar-refractivity contribution in [1.29, 1.82) is 0 Å². The predicted octanol–water partition coefficient (Wildman–Crippen LogP) is 5.79. The lowest BCUT2D eigenvalue weighted by molar-refractivity contribution is -0.148. The highest BCUT2D eigenvalue weighted by Gasteiger charge is 2.37. The molecule has 2 aliphatic heterocycles. The summed E-state index contributed by atoms with van der Waals surface area (Å²) in [7, 11) is 0. The van der Waals surface area contributed by atoms with Crippen molar-refractivity contribution in [2.24, 2.45) is 5.92 Å². The van der Waals surface area contributed by atoms with Crippen LogP contribution in [-0.4, -0.2) is 56.7 Å². The van der Waals surface area contributed by atoms with E-state index in [-0.39, 0.29) is 24.2 Å². The molecule has 9 heteroatoms. The maximum Gasteiger partial charge on any atom is 0.306 e. The van der Waals surface area contributed by atoms with Gasteiger partial charge in [0.1, 0.15) is 6.10 Å². The van der Waals surface area contributed by atoms with Gasteiger partial charge in [-0.05, 0) is 87.1 Å². The Morgan fingerprint density at radius 3 is 2.67 bits per heavy atom. The zero-order chi connectivity index (χ0) is 27.2. The van der Waals surface area contributed by atoms with E-state index in [2.05, 4.69) is 29.2 Å². The van der Waals surface area contributed by atoms with Crippen molar-refractivity contribution in [3.63, 3.8) is 0 Å². The van der Waals surface area contributed by atoms with E-state index in [1.807, 2.05) is 24.0 Å². The molecule has 7 rings (SSSR count). The van der Waals surface area contributed by atoms with Gasteiger partial charge in [0, 0.05) is 54.0 Å². The van der Waals surface area contributed by atoms with Crippen molar-refractivity contribution in [3.05, 3.63) is 48.0 Å². The molecule has 1 N–H and O–H groups in total. The Hall–Kier alpha value is -3.56. The number of hydrogen-bond donors (Lipinski definition) is 1. The first kappa shape index (κ1) is 25.4. The molecule has 1 aliphatic carbocycles. The van der Waals surface area contributed by atoms with Crippen molar-refractivity contribution < 1.29 is 24.1 Å². The van der Waals surface area contributed by atoms with Gasteiger partial charge in [0.25, 0.3) is 0 Å². The van der Waals surface area contributed by atoms with E-state index in [1.165, 1.54) is 0 Å². The van der Waals surface area contributed by atoms with Crippen LogP contribution in [0.15, 0.2) is 36.7 Å². The summed E-state index contributed by atoms with van der Waals surface area (Å²) in [4.78, 5) is 21.2. The van der Waals surface area contributed by atoms with E-state index in [0.29, 0.717) is 31.9 Å². The number of ether oxygens (including phenoxy) is 3. The molecule has 9 nitrogen and oxygen atoms in total. The van der Waals surface area contributed by atoms with Crippen LogP contribution >= 0.6 is 0 Å². The number of carbonyl (C=O) groups is 1. The molecule has 208 valence electrons. The molecule has 40 heavy (non-hydrogen) atoms. The van der Waals surface area contributed by atoms with Crippen molar-refractivity contribution in [1.82, 2.24) is 19.7 Å². The molecule has 0 amide bonds. The average Bonchev–Trinajstić information content (AvgIpc) is 3.37. The van der Waals surface area contributed by atoms with Crippen LogP contribution in [0.5, 0.6) is 5.88 Å². The van der Waals surface area contributed by atoms with Crippen LogP contribution in [-0.2, 0) is 14.3 Å². The predicted molar refractivity (Wildman–Crippen MR) is 149 cm³/mol. The lowest BCUT2D eigenvalue weighted by Gasteiger charge is -2.33. The average molecular weight is 543 g/mol. The fourth-order valence-corrected chi connectivity index (χ4v) is 6.37. The van der Waals surface area contributed by atoms with Gasteiger partial charge >= 0.3 is 5.97 Å². The summed E-state index contributed by atoms with van der Waals surface area (Å²) in [5.41, 5.74) is 5.11. The van der Waals surface area contributed by atoms with Crippen LogP contribution in [0.3, 0.4) is 0 Å². The van der Waals surface area contributed by atoms with E-state index in [4.69, 9.17) is 24.3 Å². The van der Waals surface area contributed by atoms with Gasteiger partial charge in [-0.3, -0.25) is 9.78 Å². The monoisotopic (exact) mass is 542 g/mol. The molecule has 1 aromatic carbocycles. The summed E-state index contributed by atoms with van der Waals surface area (Å²) in [6.45, 7) is 4.14. The Kier molecular flexibility index (Phi) is 6.64. The van der Waals surface area contributed by atoms with Crippen molar-refractivity contribution >= 4 is 27.6 Å². The first-order valence-electron chi connectivity index (χ1n) is 14.4. The minimum absolute atomic E-state index is 0.0900. The molecule has 0 spiro atoms. The van der Waals surface area contributed by atoms with Crippen LogP contribution in [0.2, 0.25) is 0 Å². The molecule has 0 bridgehead atoms. The molecule has 3 aromatic heterocycles. The van der Waals surface area contributed by atoms with Gasteiger partial charge in [-0.25, -0.2) is 9.67 Å². The molecule has 3 fully saturated rings. The van der Waals surface area contributed by atoms with Crippen LogP contribution in [0.4, 0.5) is 0 Å². The number of benzene rings is 1. The number of hydrogen-bond acceptors (Lipinski definition) is 7. The highest BCUT2D eigenvalue weighted by Crippen LogP contribution is 2.44. The third kappa shape index (κ3) is 4.61. The lowest BCUT2D eigenvalue weighted by Crippen LogP contribution is -2.38. The second-order valence-corrected chi connectivity index (χ2v) is 11.4. The number of aryl methyl sites for hydroxylation is 1. The Labute approximate surface area is 232 Å². The maximum absolute atomic E-state index is 11.5. The first-order chi connectivity index (χ1) is 19.5. The molecule has 5 heterocycles. The van der Waals surface area contributed by atoms with Crippen LogP contribution in [0.25, 0.3) is 32.8 Å². The molecular formula is C31H34N4O5. The lowest BCUT2D eigenvalue weighted by atomic mass is 9.82. The SMILES string of the molecule is Cc1cc(-c2c(C3CCOCC3)nc(OC3CC(C(=O)O)C3)c3cc4c(cnn4C4CCCCO4)cc23)ccn1. The van der Waals surface area contributed by atoms with Crippen LogP contribution in [0, 0.1) is 12.8 Å². The van der Waals surface area contributed by atoms with Gasteiger partial charge in [-0.2, -0.15) is 5.10 Å². The fraction of sp³-hybridized carbons (Fsp3) is 0.484. The van der Waals surface area contributed by atoms with Gasteiger partial charge in [0.2, 0.25) is 5.88 Å². The van der Waals surface area contributed by atoms with E-state index >= 15 is 0 Å². The summed E-state index contributed by atoms with van der Waals surface area (Å²) < 4.78 is 20.3. The third-order valence-electron chi connectivity index (χ3n) is 8.66. The molecule has 4 aromatic rings. The number of rotatable bonds is 6. The Morgan fingerprint density at radius 2 is 1.93 bits per heavy atom. The van der Waals surface area contributed by atoms with E-state index in [1.54, 1.807) is 0 Å². The van der Waals surface area contributed by atoms with Gasteiger partial charge in [0.05, 0.1) is 23.3 Å². The molecule has 1 atom stereocenters. The molecule has 1 saturated carbocycles. The number of carboxylic acid groups (broad SMARTS) is 1. The summed E-state index contributed by atoms with van der Waals surface area (Å²) in [6, 6.07) is 8.52. The van der Waals surface area contributed by atoms with Crippen molar-refractivity contribution in [3.8, 4) is 17.0 Å². The third-order valence-corrected chi connectivity index (χ3v) is 8.66. The van der Waals surface area contributed by atoms with Gasteiger partial charge in [-0.15, -0.1) is 0 Å². The number of pyridine rings is 2. The highest BCUT2D eigenvalue weighted by molar-refractivity contribution is 6.07. The Morgan fingerprint density at radius 1 is 1.07 bits per heavy atom. The normalized spacial score (nSPS) is 23.8. The van der Waals surface area contributed by atoms with Crippen LogP contribution < -0.4 is 4.74 Å². The number of carboxylic acids is 1. The molecule has 2 saturated heterocycles. The highest BCUT2D eigenvalue weighted by atomic mass is 16.5. The topological polar surface area (TPSA) is 109 Å². The largest absolute Gasteiger partial charge is 0.481 e. The second kappa shape index (κ2) is 10.4. The molecule has 3 aliphatic rings. The zero-order valence-corrected chi connectivity index (χ0v) is 22.7. The van der Waals surface area contributed by atoms with Crippen LogP contribution in [0.1, 0.15) is 68.5 Å². The zero-order valence-electron chi connectivity index (χ0n) is 22.7.